The van der Waals surface area contributed by atoms with E-state index in [4.69, 9.17) is 4.42 Å². The minimum Gasteiger partial charge on any atom is -0.455 e. The lowest BCUT2D eigenvalue weighted by Crippen LogP contribution is -2.23. The number of sulfonamides is 1. The van der Waals surface area contributed by atoms with E-state index >= 15 is 0 Å². The fourth-order valence-corrected chi connectivity index (χ4v) is 4.13. The number of hydrogen-bond donors (Lipinski definition) is 2. The summed E-state index contributed by atoms with van der Waals surface area (Å²) in [7, 11) is -2.01. The molecule has 1 aliphatic rings. The molecule has 0 radical (unpaired) electrons. The molecule has 4 rings (SSSR count). The van der Waals surface area contributed by atoms with E-state index < -0.39 is 21.1 Å². The van der Waals surface area contributed by atoms with Gasteiger partial charge >= 0.3 is 0 Å². The van der Waals surface area contributed by atoms with Gasteiger partial charge in [-0.05, 0) is 68.5 Å². The lowest BCUT2D eigenvalue weighted by atomic mass is 10.0. The van der Waals surface area contributed by atoms with Crippen LogP contribution in [-0.4, -0.2) is 26.6 Å². The van der Waals surface area contributed by atoms with Crippen molar-refractivity contribution in [3.8, 4) is 11.3 Å². The monoisotopic (exact) mass is 430 g/mol. The van der Waals surface area contributed by atoms with Crippen LogP contribution >= 0.6 is 0 Å². The molecule has 1 aliphatic carbocycles. The van der Waals surface area contributed by atoms with Crippen LogP contribution in [0.15, 0.2) is 40.8 Å². The van der Waals surface area contributed by atoms with E-state index in [1.807, 2.05) is 6.07 Å². The Morgan fingerprint density at radius 2 is 1.83 bits per heavy atom. The van der Waals surface area contributed by atoms with Crippen molar-refractivity contribution in [1.82, 2.24) is 5.32 Å². The number of nitrogens with one attached hydrogen (secondary N) is 2. The van der Waals surface area contributed by atoms with Gasteiger partial charge in [0.25, 0.3) is 5.91 Å². The van der Waals surface area contributed by atoms with Gasteiger partial charge in [0.15, 0.2) is 0 Å². The highest BCUT2D eigenvalue weighted by molar-refractivity contribution is 7.93. The third kappa shape index (κ3) is 3.67. The van der Waals surface area contributed by atoms with Crippen molar-refractivity contribution >= 4 is 32.6 Å². The predicted octanol–water partition coefficient (Wildman–Crippen LogP) is 4.63. The molecule has 0 bridgehead atoms. The zero-order valence-electron chi connectivity index (χ0n) is 17.0. The molecular formula is C22H23FN2O4S. The SMILES string of the molecule is CNC(=O)c1c(-c2ccc(F)cc2)oc2cc(NS(=O)(=O)C(C)C)c(C3CC3)cc12. The van der Waals surface area contributed by atoms with E-state index in [-0.39, 0.29) is 11.8 Å². The first-order valence-electron chi connectivity index (χ1n) is 9.81. The molecule has 1 heterocycles. The summed E-state index contributed by atoms with van der Waals surface area (Å²) in [5, 5.41) is 2.64. The Morgan fingerprint density at radius 3 is 2.40 bits per heavy atom. The highest BCUT2D eigenvalue weighted by Gasteiger charge is 2.31. The number of anilines is 1. The zero-order chi connectivity index (χ0) is 21.6. The van der Waals surface area contributed by atoms with E-state index in [2.05, 4.69) is 10.0 Å². The summed E-state index contributed by atoms with van der Waals surface area (Å²) in [6.07, 6.45) is 1.92. The van der Waals surface area contributed by atoms with E-state index in [0.29, 0.717) is 33.5 Å². The second kappa shape index (κ2) is 7.43. The van der Waals surface area contributed by atoms with Gasteiger partial charge in [-0.1, -0.05) is 0 Å². The average molecular weight is 431 g/mol. The van der Waals surface area contributed by atoms with Gasteiger partial charge in [0, 0.05) is 24.1 Å². The molecule has 158 valence electrons. The molecule has 0 spiro atoms. The Hall–Kier alpha value is -2.87. The molecule has 0 atom stereocenters. The molecule has 30 heavy (non-hydrogen) atoms. The molecule has 8 heteroatoms. The highest BCUT2D eigenvalue weighted by Crippen LogP contribution is 2.47. The van der Waals surface area contributed by atoms with Crippen LogP contribution in [-0.2, 0) is 10.0 Å². The predicted molar refractivity (Wildman–Crippen MR) is 115 cm³/mol. The van der Waals surface area contributed by atoms with Crippen molar-refractivity contribution in [3.05, 3.63) is 53.3 Å². The van der Waals surface area contributed by atoms with Crippen LogP contribution in [0.2, 0.25) is 0 Å². The minimum atomic E-state index is -3.54. The van der Waals surface area contributed by atoms with Crippen molar-refractivity contribution in [1.29, 1.82) is 0 Å². The largest absolute Gasteiger partial charge is 0.455 e. The molecule has 6 nitrogen and oxygen atoms in total. The van der Waals surface area contributed by atoms with Crippen molar-refractivity contribution in [2.45, 2.75) is 37.9 Å². The maximum absolute atomic E-state index is 13.4. The first kappa shape index (κ1) is 20.4. The van der Waals surface area contributed by atoms with E-state index in [1.54, 1.807) is 32.0 Å². The van der Waals surface area contributed by atoms with Crippen LogP contribution in [0.3, 0.4) is 0 Å². The fraction of sp³-hybridized carbons (Fsp3) is 0.318. The maximum Gasteiger partial charge on any atom is 0.255 e. The van der Waals surface area contributed by atoms with Crippen LogP contribution < -0.4 is 10.0 Å². The fourth-order valence-electron chi connectivity index (χ4n) is 3.41. The van der Waals surface area contributed by atoms with Gasteiger partial charge in [-0.15, -0.1) is 0 Å². The molecule has 2 N–H and O–H groups in total. The van der Waals surface area contributed by atoms with Gasteiger partial charge in [-0.2, -0.15) is 0 Å². The minimum absolute atomic E-state index is 0.237. The molecule has 0 unspecified atom stereocenters. The van der Waals surface area contributed by atoms with Crippen LogP contribution in [0.5, 0.6) is 0 Å². The van der Waals surface area contributed by atoms with Crippen molar-refractivity contribution < 1.29 is 22.0 Å². The summed E-state index contributed by atoms with van der Waals surface area (Å²) < 4.78 is 47.0. The second-order valence-electron chi connectivity index (χ2n) is 7.80. The molecule has 0 aliphatic heterocycles. The maximum atomic E-state index is 13.4. The topological polar surface area (TPSA) is 88.4 Å². The number of amides is 1. The summed E-state index contributed by atoms with van der Waals surface area (Å²) in [6.45, 7) is 3.22. The summed E-state index contributed by atoms with van der Waals surface area (Å²) in [6, 6.07) is 9.17. The normalized spacial score (nSPS) is 14.3. The van der Waals surface area contributed by atoms with Gasteiger partial charge in [-0.3, -0.25) is 9.52 Å². The number of halogens is 1. The highest BCUT2D eigenvalue weighted by atomic mass is 32.2. The molecule has 0 saturated heterocycles. The second-order valence-corrected chi connectivity index (χ2v) is 10.0. The zero-order valence-corrected chi connectivity index (χ0v) is 17.8. The number of carbonyl (C=O) groups excluding carboxylic acids is 1. The molecule has 2 aromatic carbocycles. The molecule has 1 amide bonds. The van der Waals surface area contributed by atoms with Gasteiger partial charge in [-0.25, -0.2) is 12.8 Å². The lowest BCUT2D eigenvalue weighted by Gasteiger charge is -2.14. The number of benzene rings is 2. The smallest absolute Gasteiger partial charge is 0.255 e. The molecule has 1 saturated carbocycles. The van der Waals surface area contributed by atoms with Gasteiger partial charge in [0.1, 0.15) is 17.2 Å². The summed E-state index contributed by atoms with van der Waals surface area (Å²) in [5.74, 6) is -0.168. The third-order valence-electron chi connectivity index (χ3n) is 5.31. The summed E-state index contributed by atoms with van der Waals surface area (Å²) in [5.41, 5.74) is 2.62. The van der Waals surface area contributed by atoms with Crippen LogP contribution in [0.1, 0.15) is 48.5 Å². The Bertz CT molecular complexity index is 1230. The lowest BCUT2D eigenvalue weighted by molar-refractivity contribution is 0.0964. The molecule has 3 aromatic rings. The average Bonchev–Trinajstić information content (AvgIpc) is 3.48. The third-order valence-corrected chi connectivity index (χ3v) is 7.06. The molecular weight excluding hydrogens is 407 g/mol. The van der Waals surface area contributed by atoms with Crippen molar-refractivity contribution in [3.63, 3.8) is 0 Å². The van der Waals surface area contributed by atoms with Crippen LogP contribution in [0, 0.1) is 5.82 Å². The summed E-state index contributed by atoms with van der Waals surface area (Å²) in [4.78, 5) is 12.7. The number of fused-ring (bicyclic) bond motifs is 1. The first-order valence-corrected chi connectivity index (χ1v) is 11.4. The van der Waals surface area contributed by atoms with E-state index in [0.717, 1.165) is 18.4 Å². The Balaban J connectivity index is 1.94. The first-order chi connectivity index (χ1) is 14.2. The van der Waals surface area contributed by atoms with E-state index in [1.165, 1.54) is 19.2 Å². The Morgan fingerprint density at radius 1 is 1.17 bits per heavy atom. The van der Waals surface area contributed by atoms with Crippen molar-refractivity contribution in [2.24, 2.45) is 0 Å². The van der Waals surface area contributed by atoms with Crippen LogP contribution in [0.25, 0.3) is 22.3 Å². The number of hydrogen-bond acceptors (Lipinski definition) is 4. The quantitative estimate of drug-likeness (QED) is 0.597. The van der Waals surface area contributed by atoms with Gasteiger partial charge in [0.2, 0.25) is 10.0 Å². The number of rotatable bonds is 6. The Kier molecular flexibility index (Phi) is 5.05. The number of furan rings is 1. The van der Waals surface area contributed by atoms with Gasteiger partial charge < -0.3 is 9.73 Å². The summed E-state index contributed by atoms with van der Waals surface area (Å²) >= 11 is 0. The van der Waals surface area contributed by atoms with E-state index in [9.17, 15) is 17.6 Å². The standard InChI is InChI=1S/C22H23FN2O4S/c1-12(2)30(27,28)25-18-11-19-17(10-16(18)13-4-5-13)20(22(26)24-3)21(29-19)14-6-8-15(23)9-7-14/h6-13,25H,4-5H2,1-3H3,(H,24,26). The Labute approximate surface area is 174 Å². The van der Waals surface area contributed by atoms with Gasteiger partial charge in [0.05, 0.1) is 16.5 Å². The number of carbonyl (C=O) groups is 1. The van der Waals surface area contributed by atoms with Crippen molar-refractivity contribution in [2.75, 3.05) is 11.8 Å². The molecule has 1 fully saturated rings. The van der Waals surface area contributed by atoms with Crippen LogP contribution in [0.4, 0.5) is 10.1 Å². The molecule has 1 aromatic heterocycles.